The fourth-order valence-corrected chi connectivity index (χ4v) is 1.96. The standard InChI is InChI=1S/C17H12ClF3N2O3/c1-26-13-8-6-12(7-9-13)22-23-14(16(25)17(19,20)21)15(24)10-2-4-11(18)5-3-10/h2-9,24H,1H3. The van der Waals surface area contributed by atoms with Crippen LogP contribution in [0.15, 0.2) is 64.5 Å². The highest BCUT2D eigenvalue weighted by molar-refractivity contribution is 6.30. The van der Waals surface area contributed by atoms with E-state index in [0.717, 1.165) is 0 Å². The Balaban J connectivity index is 2.46. The van der Waals surface area contributed by atoms with Gasteiger partial charge in [-0.1, -0.05) is 11.6 Å². The highest BCUT2D eigenvalue weighted by Gasteiger charge is 2.43. The summed E-state index contributed by atoms with van der Waals surface area (Å²) >= 11 is 5.70. The SMILES string of the molecule is COc1ccc(N=NC(C(=O)C(F)(F)F)=C(O)c2ccc(Cl)cc2)cc1. The van der Waals surface area contributed by atoms with Crippen molar-refractivity contribution in [1.29, 1.82) is 0 Å². The Morgan fingerprint density at radius 2 is 1.65 bits per heavy atom. The molecule has 2 aromatic carbocycles. The summed E-state index contributed by atoms with van der Waals surface area (Å²) in [5.74, 6) is -2.77. The fraction of sp³-hybridized carbons (Fsp3) is 0.118. The lowest BCUT2D eigenvalue weighted by molar-refractivity contribution is -0.166. The van der Waals surface area contributed by atoms with E-state index in [1.54, 1.807) is 0 Å². The van der Waals surface area contributed by atoms with Gasteiger partial charge in [-0.2, -0.15) is 18.3 Å². The zero-order valence-corrected chi connectivity index (χ0v) is 14.0. The van der Waals surface area contributed by atoms with Crippen molar-refractivity contribution in [2.75, 3.05) is 7.11 Å². The smallest absolute Gasteiger partial charge is 0.456 e. The van der Waals surface area contributed by atoms with E-state index in [1.807, 2.05) is 0 Å². The van der Waals surface area contributed by atoms with Gasteiger partial charge >= 0.3 is 6.18 Å². The molecule has 0 atom stereocenters. The number of rotatable bonds is 5. The number of nitrogens with zero attached hydrogens (tertiary/aromatic N) is 2. The summed E-state index contributed by atoms with van der Waals surface area (Å²) in [4.78, 5) is 11.6. The molecule has 0 spiro atoms. The number of carbonyl (C=O) groups is 1. The molecule has 0 aliphatic carbocycles. The highest BCUT2D eigenvalue weighted by Crippen LogP contribution is 2.28. The summed E-state index contributed by atoms with van der Waals surface area (Å²) in [7, 11) is 1.45. The number of hydrogen-bond donors (Lipinski definition) is 1. The first kappa shape index (κ1) is 19.5. The fourth-order valence-electron chi connectivity index (χ4n) is 1.84. The van der Waals surface area contributed by atoms with Gasteiger partial charge in [-0.3, -0.25) is 4.79 Å². The Morgan fingerprint density at radius 1 is 1.08 bits per heavy atom. The Bertz CT molecular complexity index is 845. The van der Waals surface area contributed by atoms with Crippen molar-refractivity contribution >= 4 is 28.8 Å². The van der Waals surface area contributed by atoms with Crippen LogP contribution in [-0.4, -0.2) is 24.2 Å². The molecule has 0 amide bonds. The maximum absolute atomic E-state index is 12.8. The minimum absolute atomic E-state index is 0.0596. The molecule has 0 bridgehead atoms. The highest BCUT2D eigenvalue weighted by atomic mass is 35.5. The average molecular weight is 385 g/mol. The van der Waals surface area contributed by atoms with Gasteiger partial charge < -0.3 is 9.84 Å². The number of ether oxygens (including phenoxy) is 1. The Kier molecular flexibility index (Phi) is 5.99. The van der Waals surface area contributed by atoms with Crippen LogP contribution in [0.25, 0.3) is 5.76 Å². The third-order valence-electron chi connectivity index (χ3n) is 3.15. The van der Waals surface area contributed by atoms with E-state index in [9.17, 15) is 23.1 Å². The molecule has 0 unspecified atom stereocenters. The molecule has 0 heterocycles. The predicted molar refractivity (Wildman–Crippen MR) is 89.6 cm³/mol. The molecular formula is C17H12ClF3N2O3. The molecule has 0 aliphatic heterocycles. The van der Waals surface area contributed by atoms with E-state index in [-0.39, 0.29) is 11.3 Å². The van der Waals surface area contributed by atoms with Gasteiger partial charge in [-0.05, 0) is 48.5 Å². The van der Waals surface area contributed by atoms with Crippen LogP contribution in [0.3, 0.4) is 0 Å². The summed E-state index contributed by atoms with van der Waals surface area (Å²) in [5.41, 5.74) is -1.12. The number of Topliss-reactive ketones (excluding diaryl/α,β-unsaturated/α-hetero) is 1. The van der Waals surface area contributed by atoms with Gasteiger partial charge in [-0.25, -0.2) is 0 Å². The molecule has 26 heavy (non-hydrogen) atoms. The second-order valence-corrected chi connectivity index (χ2v) is 5.37. The molecule has 2 aromatic rings. The number of carbonyl (C=O) groups excluding carboxylic acids is 1. The summed E-state index contributed by atoms with van der Waals surface area (Å²) in [5, 5.41) is 17.3. The maximum Gasteiger partial charge on any atom is 0.456 e. The second kappa shape index (κ2) is 8.01. The zero-order valence-electron chi connectivity index (χ0n) is 13.3. The first-order chi connectivity index (χ1) is 12.2. The Morgan fingerprint density at radius 3 is 2.15 bits per heavy atom. The lowest BCUT2D eigenvalue weighted by Crippen LogP contribution is -2.24. The van der Waals surface area contributed by atoms with Crippen LogP contribution < -0.4 is 4.74 Å². The lowest BCUT2D eigenvalue weighted by Gasteiger charge is -2.08. The number of allylic oxidation sites excluding steroid dienone is 1. The van der Waals surface area contributed by atoms with Gasteiger partial charge in [0, 0.05) is 10.6 Å². The molecule has 0 aromatic heterocycles. The number of halogens is 4. The third-order valence-corrected chi connectivity index (χ3v) is 3.40. The summed E-state index contributed by atoms with van der Waals surface area (Å²) in [6.07, 6.45) is -5.23. The van der Waals surface area contributed by atoms with Crippen LogP contribution in [0.4, 0.5) is 18.9 Å². The van der Waals surface area contributed by atoms with Crippen molar-refractivity contribution in [3.05, 3.63) is 64.8 Å². The molecule has 0 fully saturated rings. The molecule has 0 saturated carbocycles. The minimum Gasteiger partial charge on any atom is -0.505 e. The number of aliphatic hydroxyl groups excluding tert-OH is 1. The van der Waals surface area contributed by atoms with E-state index in [0.29, 0.717) is 10.8 Å². The van der Waals surface area contributed by atoms with Gasteiger partial charge in [0.15, 0.2) is 11.5 Å². The molecule has 0 aliphatic rings. The van der Waals surface area contributed by atoms with Crippen molar-refractivity contribution in [3.63, 3.8) is 0 Å². The van der Waals surface area contributed by atoms with Crippen LogP contribution in [0.2, 0.25) is 5.02 Å². The van der Waals surface area contributed by atoms with E-state index in [2.05, 4.69) is 10.2 Å². The maximum atomic E-state index is 12.8. The predicted octanol–water partition coefficient (Wildman–Crippen LogP) is 5.49. The number of ketones is 1. The Hall–Kier alpha value is -2.87. The Labute approximate surface area is 151 Å². The molecule has 0 saturated heterocycles. The minimum atomic E-state index is -5.23. The lowest BCUT2D eigenvalue weighted by atomic mass is 10.1. The van der Waals surface area contributed by atoms with E-state index < -0.39 is 23.4 Å². The largest absolute Gasteiger partial charge is 0.505 e. The van der Waals surface area contributed by atoms with E-state index in [1.165, 1.54) is 55.6 Å². The molecule has 0 radical (unpaired) electrons. The normalized spacial score (nSPS) is 12.8. The monoisotopic (exact) mass is 384 g/mol. The van der Waals surface area contributed by atoms with Gasteiger partial charge in [0.05, 0.1) is 12.8 Å². The molecule has 136 valence electrons. The second-order valence-electron chi connectivity index (χ2n) is 4.93. The summed E-state index contributed by atoms with van der Waals surface area (Å²) < 4.78 is 43.4. The number of alkyl halides is 3. The van der Waals surface area contributed by atoms with Gasteiger partial charge in [-0.15, -0.1) is 5.11 Å². The summed E-state index contributed by atoms with van der Waals surface area (Å²) in [6, 6.07) is 11.1. The van der Waals surface area contributed by atoms with Crippen LogP contribution in [0, 0.1) is 0 Å². The molecule has 1 N–H and O–H groups in total. The van der Waals surface area contributed by atoms with Crippen molar-refractivity contribution in [2.24, 2.45) is 10.2 Å². The van der Waals surface area contributed by atoms with Crippen LogP contribution in [0.5, 0.6) is 5.75 Å². The summed E-state index contributed by atoms with van der Waals surface area (Å²) in [6.45, 7) is 0. The number of azo groups is 1. The molecule has 2 rings (SSSR count). The van der Waals surface area contributed by atoms with Crippen molar-refractivity contribution in [2.45, 2.75) is 6.18 Å². The topological polar surface area (TPSA) is 71.2 Å². The van der Waals surface area contributed by atoms with Crippen molar-refractivity contribution < 1.29 is 27.8 Å². The zero-order chi connectivity index (χ0) is 19.3. The van der Waals surface area contributed by atoms with Crippen molar-refractivity contribution in [3.8, 4) is 5.75 Å². The third kappa shape index (κ3) is 4.82. The quantitative estimate of drug-likeness (QED) is 0.421. The number of methoxy groups -OCH3 is 1. The van der Waals surface area contributed by atoms with Gasteiger partial charge in [0.2, 0.25) is 0 Å². The van der Waals surface area contributed by atoms with Gasteiger partial charge in [0.25, 0.3) is 5.78 Å². The van der Waals surface area contributed by atoms with E-state index >= 15 is 0 Å². The van der Waals surface area contributed by atoms with Crippen LogP contribution >= 0.6 is 11.6 Å². The molecular weight excluding hydrogens is 373 g/mol. The van der Waals surface area contributed by atoms with Gasteiger partial charge in [0.1, 0.15) is 5.75 Å². The van der Waals surface area contributed by atoms with Crippen molar-refractivity contribution in [1.82, 2.24) is 0 Å². The first-order valence-corrected chi connectivity index (χ1v) is 7.46. The number of hydrogen-bond acceptors (Lipinski definition) is 5. The molecule has 9 heteroatoms. The number of aliphatic hydroxyl groups is 1. The number of benzene rings is 2. The van der Waals surface area contributed by atoms with Crippen LogP contribution in [0.1, 0.15) is 5.56 Å². The van der Waals surface area contributed by atoms with E-state index in [4.69, 9.17) is 16.3 Å². The average Bonchev–Trinajstić information content (AvgIpc) is 2.62. The molecule has 5 nitrogen and oxygen atoms in total. The first-order valence-electron chi connectivity index (χ1n) is 7.09. The van der Waals surface area contributed by atoms with Crippen LogP contribution in [-0.2, 0) is 4.79 Å².